The van der Waals surface area contributed by atoms with Crippen molar-refractivity contribution >= 4 is 0 Å². The molecular weight excluding hydrogens is 172 g/mol. The van der Waals surface area contributed by atoms with Gasteiger partial charge in [-0.1, -0.05) is 13.8 Å². The van der Waals surface area contributed by atoms with Gasteiger partial charge >= 0.3 is 0 Å². The number of nitrogens with one attached hydrogen (secondary N) is 1. The molecule has 82 valence electrons. The summed E-state index contributed by atoms with van der Waals surface area (Å²) in [6.07, 6.45) is 2.79. The van der Waals surface area contributed by atoms with E-state index in [4.69, 9.17) is 0 Å². The minimum Gasteiger partial charge on any atom is -0.315 e. The van der Waals surface area contributed by atoms with Gasteiger partial charge in [-0.25, -0.2) is 0 Å². The summed E-state index contributed by atoms with van der Waals surface area (Å²) in [5, 5.41) is 3.51. The first-order valence-electron chi connectivity index (χ1n) is 6.15. The minimum absolute atomic E-state index is 0.797. The zero-order chi connectivity index (χ0) is 10.1. The number of piperidine rings is 1. The van der Waals surface area contributed by atoms with Crippen LogP contribution < -0.4 is 5.32 Å². The Morgan fingerprint density at radius 3 is 2.50 bits per heavy atom. The molecule has 0 spiro atoms. The number of likely N-dealkylation sites (tertiary alicyclic amines) is 1. The first-order valence-corrected chi connectivity index (χ1v) is 6.15. The first-order chi connectivity index (χ1) is 6.68. The Morgan fingerprint density at radius 1 is 1.14 bits per heavy atom. The van der Waals surface area contributed by atoms with Crippen LogP contribution in [0.5, 0.6) is 0 Å². The average Bonchev–Trinajstić information content (AvgIpc) is 2.52. The van der Waals surface area contributed by atoms with Gasteiger partial charge in [0, 0.05) is 18.6 Å². The van der Waals surface area contributed by atoms with Crippen molar-refractivity contribution in [3.8, 4) is 0 Å². The van der Waals surface area contributed by atoms with Crippen LogP contribution in [-0.2, 0) is 0 Å². The molecule has 4 unspecified atom stereocenters. The lowest BCUT2D eigenvalue weighted by atomic mass is 9.90. The van der Waals surface area contributed by atoms with Gasteiger partial charge in [-0.15, -0.1) is 0 Å². The molecule has 2 nitrogen and oxygen atoms in total. The van der Waals surface area contributed by atoms with Gasteiger partial charge in [0.15, 0.2) is 0 Å². The Morgan fingerprint density at radius 2 is 1.93 bits per heavy atom. The highest BCUT2D eigenvalue weighted by Gasteiger charge is 2.34. The molecule has 2 saturated heterocycles. The van der Waals surface area contributed by atoms with Gasteiger partial charge in [-0.2, -0.15) is 0 Å². The van der Waals surface area contributed by atoms with Crippen LogP contribution in [0.3, 0.4) is 0 Å². The molecule has 1 N–H and O–H groups in total. The van der Waals surface area contributed by atoms with Crippen LogP contribution in [0.15, 0.2) is 0 Å². The molecule has 2 rings (SSSR count). The molecule has 2 fully saturated rings. The van der Waals surface area contributed by atoms with Crippen LogP contribution in [0, 0.1) is 11.8 Å². The number of hydrogen-bond acceptors (Lipinski definition) is 2. The molecule has 0 aromatic rings. The molecule has 0 saturated carbocycles. The van der Waals surface area contributed by atoms with Crippen molar-refractivity contribution in [2.45, 2.75) is 45.7 Å². The number of nitrogens with zero attached hydrogens (tertiary/aromatic N) is 1. The summed E-state index contributed by atoms with van der Waals surface area (Å²) in [6.45, 7) is 10.9. The van der Waals surface area contributed by atoms with Gasteiger partial charge in [0.2, 0.25) is 0 Å². The van der Waals surface area contributed by atoms with Crippen molar-refractivity contribution < 1.29 is 0 Å². The highest BCUT2D eigenvalue weighted by Crippen LogP contribution is 2.27. The highest BCUT2D eigenvalue weighted by molar-refractivity contribution is 4.90. The third-order valence-corrected chi connectivity index (χ3v) is 4.09. The van der Waals surface area contributed by atoms with E-state index < -0.39 is 0 Å². The fraction of sp³-hybridized carbons (Fsp3) is 1.00. The SMILES string of the molecule is CC1CCN(C2CNCC2C)C(C)C1. The van der Waals surface area contributed by atoms with E-state index in [2.05, 4.69) is 31.0 Å². The molecule has 4 atom stereocenters. The largest absolute Gasteiger partial charge is 0.315 e. The average molecular weight is 196 g/mol. The second-order valence-electron chi connectivity index (χ2n) is 5.42. The fourth-order valence-electron chi connectivity index (χ4n) is 3.16. The Balaban J connectivity index is 1.96. The van der Waals surface area contributed by atoms with Gasteiger partial charge < -0.3 is 5.32 Å². The first kappa shape index (κ1) is 10.4. The van der Waals surface area contributed by atoms with Crippen LogP contribution in [0.2, 0.25) is 0 Å². The summed E-state index contributed by atoms with van der Waals surface area (Å²) in [5.41, 5.74) is 0. The second-order valence-corrected chi connectivity index (χ2v) is 5.42. The molecule has 0 aromatic heterocycles. The van der Waals surface area contributed by atoms with Crippen LogP contribution in [0.4, 0.5) is 0 Å². The van der Waals surface area contributed by atoms with Gasteiger partial charge in [-0.3, -0.25) is 4.90 Å². The third kappa shape index (κ3) is 1.96. The third-order valence-electron chi connectivity index (χ3n) is 4.09. The summed E-state index contributed by atoms with van der Waals surface area (Å²) in [4.78, 5) is 2.74. The Labute approximate surface area is 88.1 Å². The Hall–Kier alpha value is -0.0800. The van der Waals surface area contributed by atoms with Crippen LogP contribution in [0.25, 0.3) is 0 Å². The summed E-state index contributed by atoms with van der Waals surface area (Å²) < 4.78 is 0. The molecule has 0 aliphatic carbocycles. The number of hydrogen-bond donors (Lipinski definition) is 1. The van der Waals surface area contributed by atoms with Gasteiger partial charge in [0.25, 0.3) is 0 Å². The molecule has 14 heavy (non-hydrogen) atoms. The Bertz CT molecular complexity index is 193. The molecule has 2 aliphatic rings. The van der Waals surface area contributed by atoms with Gasteiger partial charge in [-0.05, 0) is 44.7 Å². The molecule has 2 heteroatoms. The van der Waals surface area contributed by atoms with E-state index in [1.54, 1.807) is 0 Å². The van der Waals surface area contributed by atoms with E-state index in [0.29, 0.717) is 0 Å². The summed E-state index contributed by atoms with van der Waals surface area (Å²) in [6, 6.07) is 1.60. The van der Waals surface area contributed by atoms with Crippen molar-refractivity contribution in [1.82, 2.24) is 10.2 Å². The maximum Gasteiger partial charge on any atom is 0.0261 e. The molecule has 0 amide bonds. The predicted octanol–water partition coefficient (Wildman–Crippen LogP) is 1.71. The van der Waals surface area contributed by atoms with E-state index in [1.165, 1.54) is 32.5 Å². The molecular formula is C12H24N2. The smallest absolute Gasteiger partial charge is 0.0261 e. The van der Waals surface area contributed by atoms with Crippen molar-refractivity contribution in [1.29, 1.82) is 0 Å². The molecule has 2 heterocycles. The molecule has 0 bridgehead atoms. The van der Waals surface area contributed by atoms with E-state index in [0.717, 1.165) is 23.9 Å². The molecule has 2 aliphatic heterocycles. The van der Waals surface area contributed by atoms with Gasteiger partial charge in [0.1, 0.15) is 0 Å². The number of rotatable bonds is 1. The summed E-state index contributed by atoms with van der Waals surface area (Å²) in [7, 11) is 0. The fourth-order valence-corrected chi connectivity index (χ4v) is 3.16. The van der Waals surface area contributed by atoms with Gasteiger partial charge in [0.05, 0.1) is 0 Å². The topological polar surface area (TPSA) is 15.3 Å². The zero-order valence-corrected chi connectivity index (χ0v) is 9.79. The monoisotopic (exact) mass is 196 g/mol. The van der Waals surface area contributed by atoms with E-state index in [1.807, 2.05) is 0 Å². The van der Waals surface area contributed by atoms with Crippen molar-refractivity contribution in [3.05, 3.63) is 0 Å². The van der Waals surface area contributed by atoms with Crippen molar-refractivity contribution in [2.75, 3.05) is 19.6 Å². The van der Waals surface area contributed by atoms with Crippen molar-refractivity contribution in [3.63, 3.8) is 0 Å². The van der Waals surface area contributed by atoms with Crippen molar-refractivity contribution in [2.24, 2.45) is 11.8 Å². The quantitative estimate of drug-likeness (QED) is 0.687. The van der Waals surface area contributed by atoms with Crippen LogP contribution in [-0.4, -0.2) is 36.6 Å². The lowest BCUT2D eigenvalue weighted by molar-refractivity contribution is 0.0733. The summed E-state index contributed by atoms with van der Waals surface area (Å²) >= 11 is 0. The van der Waals surface area contributed by atoms with E-state index >= 15 is 0 Å². The highest BCUT2D eigenvalue weighted by atomic mass is 15.2. The second kappa shape index (κ2) is 4.19. The molecule has 0 radical (unpaired) electrons. The van der Waals surface area contributed by atoms with Crippen LogP contribution in [0.1, 0.15) is 33.6 Å². The lowest BCUT2D eigenvalue weighted by Crippen LogP contribution is -2.49. The van der Waals surface area contributed by atoms with E-state index in [9.17, 15) is 0 Å². The maximum atomic E-state index is 3.51. The minimum atomic E-state index is 0.797. The predicted molar refractivity (Wildman–Crippen MR) is 60.4 cm³/mol. The van der Waals surface area contributed by atoms with Crippen LogP contribution >= 0.6 is 0 Å². The zero-order valence-electron chi connectivity index (χ0n) is 9.79. The molecule has 0 aromatic carbocycles. The van der Waals surface area contributed by atoms with E-state index in [-0.39, 0.29) is 0 Å². The standard InChI is InChI=1S/C12H24N2/c1-9-4-5-14(11(3)6-9)12-8-13-7-10(12)2/h9-13H,4-8H2,1-3H3. The maximum absolute atomic E-state index is 3.51. The lowest BCUT2D eigenvalue weighted by Gasteiger charge is -2.41. The summed E-state index contributed by atoms with van der Waals surface area (Å²) in [5.74, 6) is 1.77. The Kier molecular flexibility index (Phi) is 3.13. The normalized spacial score (nSPS) is 45.6.